The van der Waals surface area contributed by atoms with Gasteiger partial charge in [-0.3, -0.25) is 9.78 Å². The first-order valence-electron chi connectivity index (χ1n) is 12.6. The van der Waals surface area contributed by atoms with E-state index in [1.807, 2.05) is 31.2 Å². The van der Waals surface area contributed by atoms with Gasteiger partial charge in [-0.1, -0.05) is 18.2 Å². The highest BCUT2D eigenvalue weighted by Gasteiger charge is 2.47. The molecule has 1 saturated heterocycles. The van der Waals surface area contributed by atoms with E-state index in [9.17, 15) is 23.8 Å². The molecule has 0 bridgehead atoms. The fourth-order valence-electron chi connectivity index (χ4n) is 5.44. The average Bonchev–Trinajstić information content (AvgIpc) is 2.93. The van der Waals surface area contributed by atoms with Gasteiger partial charge in [0.2, 0.25) is 0 Å². The second kappa shape index (κ2) is 10.1. The van der Waals surface area contributed by atoms with Crippen LogP contribution in [0.15, 0.2) is 54.7 Å². The van der Waals surface area contributed by atoms with Crippen molar-refractivity contribution in [2.75, 3.05) is 43.2 Å². The van der Waals surface area contributed by atoms with Crippen molar-refractivity contribution in [3.8, 4) is 11.1 Å². The van der Waals surface area contributed by atoms with Crippen molar-refractivity contribution < 1.29 is 28.5 Å². The van der Waals surface area contributed by atoms with Gasteiger partial charge in [-0.2, -0.15) is 8.78 Å². The Hall–Kier alpha value is -3.40. The van der Waals surface area contributed by atoms with E-state index in [0.717, 1.165) is 40.9 Å². The van der Waals surface area contributed by atoms with E-state index >= 15 is 0 Å². The lowest BCUT2D eigenvalue weighted by atomic mass is 9.72. The molecule has 5 rings (SSSR count). The zero-order valence-corrected chi connectivity index (χ0v) is 21.4. The molecule has 0 spiro atoms. The number of ether oxygens (including phenoxy) is 1. The number of alkyl halides is 2. The van der Waals surface area contributed by atoms with Gasteiger partial charge in [0.05, 0.1) is 32.5 Å². The summed E-state index contributed by atoms with van der Waals surface area (Å²) in [5.74, 6) is -3.65. The van der Waals surface area contributed by atoms with Crippen LogP contribution in [-0.4, -0.2) is 60.1 Å². The summed E-state index contributed by atoms with van der Waals surface area (Å²) in [4.78, 5) is 18.8. The molecule has 0 radical (unpaired) electrons. The van der Waals surface area contributed by atoms with Gasteiger partial charge in [-0.15, -0.1) is 0 Å². The largest absolute Gasteiger partial charge is 0.396 e. The number of hydrogen-bond acceptors (Lipinski definition) is 6. The van der Waals surface area contributed by atoms with Gasteiger partial charge in [0.1, 0.15) is 5.69 Å². The second-order valence-corrected chi connectivity index (χ2v) is 10.3. The smallest absolute Gasteiger partial charge is 0.286 e. The van der Waals surface area contributed by atoms with Gasteiger partial charge in [-0.25, -0.2) is 0 Å². The van der Waals surface area contributed by atoms with Gasteiger partial charge in [-0.05, 0) is 65.9 Å². The van der Waals surface area contributed by atoms with Crippen molar-refractivity contribution in [3.05, 3.63) is 77.1 Å². The number of aromatic nitrogens is 1. The Morgan fingerprint density at radius 2 is 1.97 bits per heavy atom. The number of morpholine rings is 1. The maximum absolute atomic E-state index is 13.7. The van der Waals surface area contributed by atoms with Crippen molar-refractivity contribution in [1.82, 2.24) is 4.98 Å². The number of carbonyl (C=O) groups is 1. The summed E-state index contributed by atoms with van der Waals surface area (Å²) < 4.78 is 33.1. The van der Waals surface area contributed by atoms with E-state index in [-0.39, 0.29) is 24.8 Å². The van der Waals surface area contributed by atoms with Crippen LogP contribution < -0.4 is 10.2 Å². The maximum atomic E-state index is 13.7. The molecule has 2 aliphatic rings. The summed E-state index contributed by atoms with van der Waals surface area (Å²) in [6, 6.07) is 14.1. The van der Waals surface area contributed by atoms with E-state index < -0.39 is 22.9 Å². The number of nitrogens with zero attached hydrogens (tertiary/aromatic N) is 2. The third-order valence-electron chi connectivity index (χ3n) is 7.68. The molecule has 1 atom stereocenters. The van der Waals surface area contributed by atoms with Crippen LogP contribution in [0.1, 0.15) is 34.1 Å². The third-order valence-corrected chi connectivity index (χ3v) is 7.68. The first kappa shape index (κ1) is 26.2. The van der Waals surface area contributed by atoms with Crippen LogP contribution >= 0.6 is 0 Å². The predicted molar refractivity (Wildman–Crippen MR) is 141 cm³/mol. The lowest BCUT2D eigenvalue weighted by Crippen LogP contribution is -2.61. The third kappa shape index (κ3) is 4.77. The minimum atomic E-state index is -3.15. The number of pyridine rings is 1. The van der Waals surface area contributed by atoms with E-state index in [1.165, 1.54) is 12.3 Å². The lowest BCUT2D eigenvalue weighted by Gasteiger charge is -2.52. The van der Waals surface area contributed by atoms with Gasteiger partial charge >= 0.3 is 0 Å². The highest BCUT2D eigenvalue weighted by Crippen LogP contribution is 2.44. The molecule has 1 amide bonds. The van der Waals surface area contributed by atoms with Crippen LogP contribution in [0.4, 0.5) is 20.2 Å². The van der Waals surface area contributed by atoms with Crippen LogP contribution in [0.3, 0.4) is 0 Å². The number of nitrogens with one attached hydrogen (secondary N) is 1. The summed E-state index contributed by atoms with van der Waals surface area (Å²) >= 11 is 0. The molecule has 2 aliphatic heterocycles. The summed E-state index contributed by atoms with van der Waals surface area (Å²) in [7, 11) is 0. The molecule has 3 aromatic rings. The summed E-state index contributed by atoms with van der Waals surface area (Å²) in [6.07, 6.45) is 1.75. The van der Waals surface area contributed by atoms with Crippen LogP contribution in [-0.2, 0) is 17.1 Å². The molecule has 3 N–H and O–H groups in total. The predicted octanol–water partition coefficient (Wildman–Crippen LogP) is 4.15. The summed E-state index contributed by atoms with van der Waals surface area (Å²) in [5.41, 5.74) is 4.49. The van der Waals surface area contributed by atoms with Crippen LogP contribution in [0.25, 0.3) is 11.1 Å². The van der Waals surface area contributed by atoms with Crippen molar-refractivity contribution in [2.24, 2.45) is 5.41 Å². The van der Waals surface area contributed by atoms with E-state index in [4.69, 9.17) is 4.74 Å². The molecular formula is C29H31F2N3O4. The minimum absolute atomic E-state index is 0.0991. The van der Waals surface area contributed by atoms with Crippen LogP contribution in [0.2, 0.25) is 0 Å². The van der Waals surface area contributed by atoms with E-state index in [2.05, 4.69) is 21.3 Å². The standard InChI is InChI=1S/C29H31F2N3O4/c1-18-3-6-22(33-27(37)20-7-8-32-25(12-20)28(2,30)31)13-23(18)19-4-5-21-14-29(16-35,17-36)26-15-38-10-9-34(26)24(21)11-19/h3-8,11-13,26,35-36H,9-10,14-17H2,1-2H3,(H,33,37)/t26-/m1/s1. The zero-order chi connectivity index (χ0) is 27.1. The number of halogens is 2. The number of benzene rings is 2. The van der Waals surface area contributed by atoms with Gasteiger partial charge < -0.3 is 25.2 Å². The molecule has 200 valence electrons. The van der Waals surface area contributed by atoms with Gasteiger partial charge in [0.25, 0.3) is 11.8 Å². The highest BCUT2D eigenvalue weighted by molar-refractivity contribution is 6.04. The van der Waals surface area contributed by atoms with E-state index in [1.54, 1.807) is 6.07 Å². The fraction of sp³-hybridized carbons (Fsp3) is 0.379. The van der Waals surface area contributed by atoms with E-state index in [0.29, 0.717) is 31.9 Å². The molecule has 0 aliphatic carbocycles. The molecular weight excluding hydrogens is 492 g/mol. The minimum Gasteiger partial charge on any atom is -0.396 e. The Morgan fingerprint density at radius 1 is 1.18 bits per heavy atom. The molecule has 2 aromatic carbocycles. The maximum Gasteiger partial charge on any atom is 0.286 e. The Balaban J connectivity index is 1.45. The lowest BCUT2D eigenvalue weighted by molar-refractivity contribution is -0.0246. The number of hydrogen-bond donors (Lipinski definition) is 3. The highest BCUT2D eigenvalue weighted by atomic mass is 19.3. The number of carbonyl (C=O) groups excluding carboxylic acids is 1. The molecule has 9 heteroatoms. The van der Waals surface area contributed by atoms with Gasteiger partial charge in [0, 0.05) is 42.0 Å². The molecule has 1 fully saturated rings. The molecule has 0 unspecified atom stereocenters. The van der Waals surface area contributed by atoms with Crippen molar-refractivity contribution >= 4 is 17.3 Å². The Bertz CT molecular complexity index is 1350. The fourth-order valence-corrected chi connectivity index (χ4v) is 5.44. The van der Waals surface area contributed by atoms with Crippen molar-refractivity contribution in [1.29, 1.82) is 0 Å². The number of aliphatic hydroxyl groups excluding tert-OH is 2. The van der Waals surface area contributed by atoms with Crippen molar-refractivity contribution in [2.45, 2.75) is 32.2 Å². The number of fused-ring (bicyclic) bond motifs is 3. The van der Waals surface area contributed by atoms with Crippen LogP contribution in [0, 0.1) is 12.3 Å². The number of aryl methyl sites for hydroxylation is 1. The normalized spacial score (nSPS) is 18.5. The van der Waals surface area contributed by atoms with Crippen molar-refractivity contribution in [3.63, 3.8) is 0 Å². The SMILES string of the molecule is Cc1ccc(NC(=O)c2ccnc(C(C)(F)F)c2)cc1-c1ccc2c(c1)N1CCOC[C@@H]1C(CO)(CO)C2. The quantitative estimate of drug-likeness (QED) is 0.449. The first-order chi connectivity index (χ1) is 18.1. The molecule has 1 aromatic heterocycles. The number of anilines is 2. The summed E-state index contributed by atoms with van der Waals surface area (Å²) in [6.45, 7) is 4.12. The Kier molecular flexibility index (Phi) is 6.94. The van der Waals surface area contributed by atoms with Gasteiger partial charge in [0.15, 0.2) is 0 Å². The number of amides is 1. The molecule has 0 saturated carbocycles. The number of rotatable bonds is 6. The molecule has 7 nitrogen and oxygen atoms in total. The Labute approximate surface area is 220 Å². The second-order valence-electron chi connectivity index (χ2n) is 10.3. The topological polar surface area (TPSA) is 94.9 Å². The molecule has 38 heavy (non-hydrogen) atoms. The first-order valence-corrected chi connectivity index (χ1v) is 12.6. The average molecular weight is 524 g/mol. The molecule has 3 heterocycles. The Morgan fingerprint density at radius 3 is 2.71 bits per heavy atom. The number of aliphatic hydroxyl groups is 2. The van der Waals surface area contributed by atoms with Crippen LogP contribution in [0.5, 0.6) is 0 Å². The zero-order valence-electron chi connectivity index (χ0n) is 21.4. The monoisotopic (exact) mass is 523 g/mol. The summed E-state index contributed by atoms with van der Waals surface area (Å²) in [5, 5.41) is 23.2.